The van der Waals surface area contributed by atoms with Crippen molar-refractivity contribution in [2.45, 2.75) is 36.6 Å². The molecule has 4 rings (SSSR count). The molecule has 0 spiro atoms. The third kappa shape index (κ3) is 5.06. The molecule has 0 fully saturated rings. The minimum Gasteiger partial charge on any atom is -0.609 e. The van der Waals surface area contributed by atoms with Crippen molar-refractivity contribution >= 4 is 38.2 Å². The maximum atomic E-state index is 13.9. The Morgan fingerprint density at radius 1 is 1.08 bits per heavy atom. The van der Waals surface area contributed by atoms with Gasteiger partial charge >= 0.3 is 11.1 Å². The maximum Gasteiger partial charge on any atom is 0.338 e. The highest BCUT2D eigenvalue weighted by Gasteiger charge is 2.32. The topological polar surface area (TPSA) is 133 Å². The van der Waals surface area contributed by atoms with Gasteiger partial charge in [0.1, 0.15) is 11.5 Å². The zero-order valence-corrected chi connectivity index (χ0v) is 23.2. The van der Waals surface area contributed by atoms with E-state index >= 15 is 0 Å². The van der Waals surface area contributed by atoms with Crippen LogP contribution in [0, 0.1) is 13.8 Å². The number of hydrogen-bond acceptors (Lipinski definition) is 9. The third-order valence-electron chi connectivity index (χ3n) is 5.92. The molecule has 2 aromatic carbocycles. The smallest absolute Gasteiger partial charge is 0.338 e. The molecule has 12 heteroatoms. The van der Waals surface area contributed by atoms with Crippen LogP contribution in [0.2, 0.25) is 0 Å². The fourth-order valence-corrected chi connectivity index (χ4v) is 7.05. The number of esters is 1. The SMILES string of the molecule is CCOC(=O)c1ccc(S(=O)(=O)n2c([S+]([O-])Cc3ncc(C)c(OC)c3C)nc3cc(OC)ccc32)cc1. The van der Waals surface area contributed by atoms with E-state index in [0.717, 1.165) is 9.54 Å². The van der Waals surface area contributed by atoms with Gasteiger partial charge < -0.3 is 18.8 Å². The minimum absolute atomic E-state index is 0.0831. The fraction of sp³-hybridized carbons (Fsp3) is 0.269. The number of nitrogens with zero attached hydrogens (tertiary/aromatic N) is 3. The van der Waals surface area contributed by atoms with Crippen LogP contribution in [-0.2, 0) is 31.7 Å². The van der Waals surface area contributed by atoms with Crippen molar-refractivity contribution in [2.75, 3.05) is 20.8 Å². The van der Waals surface area contributed by atoms with Crippen molar-refractivity contribution in [3.8, 4) is 11.5 Å². The van der Waals surface area contributed by atoms with E-state index in [4.69, 9.17) is 14.2 Å². The second-order valence-electron chi connectivity index (χ2n) is 8.30. The molecule has 0 aliphatic rings. The fourth-order valence-electron chi connectivity index (χ4n) is 4.01. The maximum absolute atomic E-state index is 13.9. The summed E-state index contributed by atoms with van der Waals surface area (Å²) in [5.74, 6) is 0.450. The van der Waals surface area contributed by atoms with Crippen LogP contribution in [0.4, 0.5) is 0 Å². The largest absolute Gasteiger partial charge is 0.609 e. The molecule has 1 unspecified atom stereocenters. The number of methoxy groups -OCH3 is 2. The van der Waals surface area contributed by atoms with Gasteiger partial charge in [0, 0.05) is 34.6 Å². The standard InChI is InChI=1S/C26H27N3O7S2/c1-6-36-25(30)18-7-10-20(11-8-18)38(32,33)29-23-12-9-19(34-4)13-21(23)28-26(29)37(31)15-22-17(3)24(35-5)16(2)14-27-22/h7-14H,6,15H2,1-5H3. The monoisotopic (exact) mass is 557 g/mol. The number of rotatable bonds is 9. The summed E-state index contributed by atoms with van der Waals surface area (Å²) in [5.41, 5.74) is 2.78. The zero-order chi connectivity index (χ0) is 27.6. The molecule has 200 valence electrons. The number of fused-ring (bicyclic) bond motifs is 1. The second kappa shape index (κ2) is 11.0. The van der Waals surface area contributed by atoms with E-state index in [1.165, 1.54) is 31.4 Å². The lowest BCUT2D eigenvalue weighted by molar-refractivity contribution is 0.0526. The molecule has 0 N–H and O–H groups in total. The van der Waals surface area contributed by atoms with Gasteiger partial charge in [0.25, 0.3) is 10.0 Å². The van der Waals surface area contributed by atoms with Crippen molar-refractivity contribution in [3.63, 3.8) is 0 Å². The first-order chi connectivity index (χ1) is 18.1. The normalized spacial score (nSPS) is 12.4. The molecular weight excluding hydrogens is 530 g/mol. The first kappa shape index (κ1) is 27.4. The van der Waals surface area contributed by atoms with E-state index in [0.29, 0.717) is 28.3 Å². The molecule has 4 aromatic rings. The van der Waals surface area contributed by atoms with Gasteiger partial charge in [-0.25, -0.2) is 13.2 Å². The highest BCUT2D eigenvalue weighted by atomic mass is 32.2. The lowest BCUT2D eigenvalue weighted by atomic mass is 10.1. The van der Waals surface area contributed by atoms with Gasteiger partial charge in [0.15, 0.2) is 5.75 Å². The Bertz CT molecular complexity index is 1600. The first-order valence-corrected chi connectivity index (χ1v) is 14.3. The van der Waals surface area contributed by atoms with E-state index in [1.54, 1.807) is 45.4 Å². The van der Waals surface area contributed by atoms with Gasteiger partial charge in [-0.15, -0.1) is 0 Å². The Hall–Kier alpha value is -3.61. The molecule has 2 heterocycles. The van der Waals surface area contributed by atoms with Gasteiger partial charge in [-0.1, -0.05) is 0 Å². The summed E-state index contributed by atoms with van der Waals surface area (Å²) in [5, 5.41) is -0.163. The second-order valence-corrected chi connectivity index (χ2v) is 11.4. The van der Waals surface area contributed by atoms with Crippen LogP contribution in [-0.4, -0.2) is 53.7 Å². The number of hydrogen-bond donors (Lipinski definition) is 0. The Labute approximate surface area is 223 Å². The van der Waals surface area contributed by atoms with E-state index in [-0.39, 0.29) is 33.5 Å². The Kier molecular flexibility index (Phi) is 7.95. The molecule has 0 aliphatic heterocycles. The zero-order valence-electron chi connectivity index (χ0n) is 21.5. The Morgan fingerprint density at radius 3 is 2.42 bits per heavy atom. The third-order valence-corrected chi connectivity index (χ3v) is 8.97. The quantitative estimate of drug-likeness (QED) is 0.223. The summed E-state index contributed by atoms with van der Waals surface area (Å²) in [4.78, 5) is 20.8. The predicted molar refractivity (Wildman–Crippen MR) is 142 cm³/mol. The van der Waals surface area contributed by atoms with Crippen LogP contribution in [0.15, 0.2) is 58.7 Å². The average molecular weight is 558 g/mol. The van der Waals surface area contributed by atoms with Gasteiger partial charge in [0.05, 0.1) is 48.0 Å². The summed E-state index contributed by atoms with van der Waals surface area (Å²) in [6.45, 7) is 5.54. The molecule has 1 atom stereocenters. The number of benzene rings is 2. The number of ether oxygens (including phenoxy) is 3. The van der Waals surface area contributed by atoms with Crippen LogP contribution in [0.5, 0.6) is 11.5 Å². The van der Waals surface area contributed by atoms with Crippen LogP contribution in [0.1, 0.15) is 34.1 Å². The van der Waals surface area contributed by atoms with E-state index in [1.807, 2.05) is 6.92 Å². The van der Waals surface area contributed by atoms with Crippen molar-refractivity contribution in [1.29, 1.82) is 0 Å². The highest BCUT2D eigenvalue weighted by molar-refractivity contribution is 7.93. The number of carbonyl (C=O) groups excluding carboxylic acids is 1. The van der Waals surface area contributed by atoms with Gasteiger partial charge in [-0.2, -0.15) is 8.96 Å². The molecule has 0 bridgehead atoms. The minimum atomic E-state index is -4.27. The van der Waals surface area contributed by atoms with Crippen molar-refractivity contribution in [1.82, 2.24) is 13.9 Å². The number of aryl methyl sites for hydroxylation is 1. The molecule has 0 saturated carbocycles. The van der Waals surface area contributed by atoms with Crippen molar-refractivity contribution in [3.05, 3.63) is 71.0 Å². The van der Waals surface area contributed by atoms with Crippen LogP contribution in [0.3, 0.4) is 0 Å². The molecule has 0 radical (unpaired) electrons. The first-order valence-electron chi connectivity index (χ1n) is 11.6. The predicted octanol–water partition coefficient (Wildman–Crippen LogP) is 3.79. The summed E-state index contributed by atoms with van der Waals surface area (Å²) in [6.07, 6.45) is 1.62. The summed E-state index contributed by atoms with van der Waals surface area (Å²) in [7, 11) is -1.24. The van der Waals surface area contributed by atoms with Gasteiger partial charge in [-0.05, 0) is 57.2 Å². The Balaban J connectivity index is 1.83. The van der Waals surface area contributed by atoms with E-state index in [9.17, 15) is 17.8 Å². The van der Waals surface area contributed by atoms with Gasteiger partial charge in [-0.3, -0.25) is 4.98 Å². The molecule has 2 aromatic heterocycles. The molecule has 0 aliphatic carbocycles. The summed E-state index contributed by atoms with van der Waals surface area (Å²) in [6, 6.07) is 10.1. The van der Waals surface area contributed by atoms with Crippen LogP contribution in [0.25, 0.3) is 11.0 Å². The van der Waals surface area contributed by atoms with Crippen LogP contribution >= 0.6 is 0 Å². The number of aromatic nitrogens is 3. The lowest BCUT2D eigenvalue weighted by Gasteiger charge is -2.15. The average Bonchev–Trinajstić information content (AvgIpc) is 3.30. The molecule has 0 saturated heterocycles. The van der Waals surface area contributed by atoms with E-state index < -0.39 is 27.2 Å². The highest BCUT2D eigenvalue weighted by Crippen LogP contribution is 2.31. The molecule has 10 nitrogen and oxygen atoms in total. The molecule has 38 heavy (non-hydrogen) atoms. The van der Waals surface area contributed by atoms with Crippen molar-refractivity contribution in [2.24, 2.45) is 0 Å². The summed E-state index contributed by atoms with van der Waals surface area (Å²) >= 11 is -1.91. The lowest BCUT2D eigenvalue weighted by Crippen LogP contribution is -2.21. The Morgan fingerprint density at radius 2 is 1.79 bits per heavy atom. The van der Waals surface area contributed by atoms with Gasteiger partial charge in [0.2, 0.25) is 0 Å². The van der Waals surface area contributed by atoms with E-state index in [2.05, 4.69) is 9.97 Å². The molecule has 0 amide bonds. The van der Waals surface area contributed by atoms with Crippen molar-refractivity contribution < 1.29 is 32.0 Å². The number of imidazole rings is 1. The number of pyridine rings is 1. The summed E-state index contributed by atoms with van der Waals surface area (Å²) < 4.78 is 58.1. The van der Waals surface area contributed by atoms with Crippen LogP contribution < -0.4 is 9.47 Å². The number of carbonyl (C=O) groups is 1. The molecular formula is C26H27N3O7S2.